The van der Waals surface area contributed by atoms with Crippen LogP contribution in [-0.4, -0.2) is 6.54 Å². The predicted molar refractivity (Wildman–Crippen MR) is 94.9 cm³/mol. The molecule has 1 N–H and O–H groups in total. The molecule has 2 aromatic carbocycles. The van der Waals surface area contributed by atoms with Gasteiger partial charge in [0.2, 0.25) is 0 Å². The molecule has 0 fully saturated rings. The summed E-state index contributed by atoms with van der Waals surface area (Å²) in [7, 11) is 0. The van der Waals surface area contributed by atoms with Crippen molar-refractivity contribution in [1.82, 2.24) is 5.32 Å². The van der Waals surface area contributed by atoms with Crippen molar-refractivity contribution in [2.24, 2.45) is 0 Å². The third-order valence-electron chi connectivity index (χ3n) is 3.74. The summed E-state index contributed by atoms with van der Waals surface area (Å²) in [6.45, 7) is 9.73. The highest BCUT2D eigenvalue weighted by Crippen LogP contribution is 2.28. The van der Waals surface area contributed by atoms with Crippen molar-refractivity contribution in [3.05, 3.63) is 68.7 Å². The Morgan fingerprint density at radius 2 is 1.76 bits per heavy atom. The summed E-state index contributed by atoms with van der Waals surface area (Å²) in [6.07, 6.45) is 1.13. The van der Waals surface area contributed by atoms with Crippen molar-refractivity contribution in [3.63, 3.8) is 0 Å². The molecule has 0 aliphatic rings. The average molecular weight is 346 g/mol. The van der Waals surface area contributed by atoms with E-state index in [0.717, 1.165) is 17.4 Å². The Morgan fingerprint density at radius 1 is 1.00 bits per heavy atom. The molecule has 0 spiro atoms. The molecule has 0 amide bonds. The van der Waals surface area contributed by atoms with E-state index < -0.39 is 0 Å². The van der Waals surface area contributed by atoms with Gasteiger partial charge < -0.3 is 5.32 Å². The highest BCUT2D eigenvalue weighted by atomic mass is 79.9. The molecular weight excluding hydrogens is 322 g/mol. The van der Waals surface area contributed by atoms with Gasteiger partial charge in [-0.1, -0.05) is 52.7 Å². The van der Waals surface area contributed by atoms with Crippen LogP contribution in [0.1, 0.15) is 47.2 Å². The number of halogens is 1. The van der Waals surface area contributed by atoms with Crippen molar-refractivity contribution in [1.29, 1.82) is 0 Å². The molecule has 0 heterocycles. The summed E-state index contributed by atoms with van der Waals surface area (Å²) < 4.78 is 1.14. The molecule has 2 rings (SSSR count). The van der Waals surface area contributed by atoms with Gasteiger partial charge in [0, 0.05) is 4.47 Å². The van der Waals surface area contributed by atoms with Gasteiger partial charge in [0.15, 0.2) is 0 Å². The first kappa shape index (κ1) is 16.3. The minimum Gasteiger partial charge on any atom is -0.306 e. The van der Waals surface area contributed by atoms with Crippen LogP contribution in [0.15, 0.2) is 40.9 Å². The number of benzene rings is 2. The predicted octanol–water partition coefficient (Wildman–Crippen LogP) is 5.46. The maximum absolute atomic E-state index is 3.70. The molecule has 0 radical (unpaired) electrons. The number of hydrogen-bond donors (Lipinski definition) is 1. The zero-order valence-electron chi connectivity index (χ0n) is 13.3. The van der Waals surface area contributed by atoms with E-state index >= 15 is 0 Å². The molecule has 0 saturated carbocycles. The summed E-state index contributed by atoms with van der Waals surface area (Å²) in [5.41, 5.74) is 6.63. The molecule has 1 nitrogen and oxygen atoms in total. The smallest absolute Gasteiger partial charge is 0.0579 e. The van der Waals surface area contributed by atoms with Crippen LogP contribution in [0.5, 0.6) is 0 Å². The van der Waals surface area contributed by atoms with E-state index in [1.54, 1.807) is 0 Å². The van der Waals surface area contributed by atoms with Gasteiger partial charge in [-0.2, -0.15) is 0 Å². The van der Waals surface area contributed by atoms with Gasteiger partial charge in [0.05, 0.1) is 6.04 Å². The maximum Gasteiger partial charge on any atom is 0.0579 e. The van der Waals surface area contributed by atoms with Gasteiger partial charge in [-0.3, -0.25) is 0 Å². The highest BCUT2D eigenvalue weighted by molar-refractivity contribution is 9.10. The standard InChI is InChI=1S/C19H24BrN/c1-5-8-21-19(16-9-14(3)10-17(20)12-16)18-11-13(2)6-7-15(18)4/h6-7,9-12,19,21H,5,8H2,1-4H3. The lowest BCUT2D eigenvalue weighted by molar-refractivity contribution is 0.595. The van der Waals surface area contributed by atoms with E-state index in [9.17, 15) is 0 Å². The largest absolute Gasteiger partial charge is 0.306 e. The van der Waals surface area contributed by atoms with Crippen LogP contribution in [0.2, 0.25) is 0 Å². The van der Waals surface area contributed by atoms with Crippen LogP contribution in [0.4, 0.5) is 0 Å². The Balaban J connectivity index is 2.49. The van der Waals surface area contributed by atoms with Gasteiger partial charge in [0.1, 0.15) is 0 Å². The summed E-state index contributed by atoms with van der Waals surface area (Å²) in [6, 6.07) is 13.6. The van der Waals surface area contributed by atoms with E-state index in [4.69, 9.17) is 0 Å². The lowest BCUT2D eigenvalue weighted by atomic mass is 9.92. The van der Waals surface area contributed by atoms with E-state index in [1.165, 1.54) is 27.8 Å². The van der Waals surface area contributed by atoms with Crippen LogP contribution in [0.25, 0.3) is 0 Å². The Kier molecular flexibility index (Phi) is 5.60. The topological polar surface area (TPSA) is 12.0 Å². The molecule has 1 atom stereocenters. The molecule has 112 valence electrons. The first-order chi connectivity index (χ1) is 10.0. The summed E-state index contributed by atoms with van der Waals surface area (Å²) in [5, 5.41) is 3.70. The lowest BCUT2D eigenvalue weighted by Gasteiger charge is -2.23. The fourth-order valence-corrected chi connectivity index (χ4v) is 3.32. The van der Waals surface area contributed by atoms with Crippen LogP contribution in [0.3, 0.4) is 0 Å². The zero-order chi connectivity index (χ0) is 15.4. The van der Waals surface area contributed by atoms with Crippen LogP contribution >= 0.6 is 15.9 Å². The normalized spacial score (nSPS) is 12.4. The number of rotatable bonds is 5. The molecule has 0 aromatic heterocycles. The lowest BCUT2D eigenvalue weighted by Crippen LogP contribution is -2.24. The molecule has 2 aromatic rings. The first-order valence-corrected chi connectivity index (χ1v) is 8.38. The van der Waals surface area contributed by atoms with Crippen LogP contribution in [0, 0.1) is 20.8 Å². The molecule has 1 unspecified atom stereocenters. The minimum atomic E-state index is 0.251. The fourth-order valence-electron chi connectivity index (χ4n) is 2.70. The maximum atomic E-state index is 3.70. The molecular formula is C19H24BrN. The molecule has 0 aliphatic carbocycles. The Morgan fingerprint density at radius 3 is 2.43 bits per heavy atom. The monoisotopic (exact) mass is 345 g/mol. The average Bonchev–Trinajstić information content (AvgIpc) is 2.42. The van der Waals surface area contributed by atoms with E-state index in [-0.39, 0.29) is 6.04 Å². The van der Waals surface area contributed by atoms with Crippen molar-refractivity contribution in [2.75, 3.05) is 6.54 Å². The fraction of sp³-hybridized carbons (Fsp3) is 0.368. The van der Waals surface area contributed by atoms with Gasteiger partial charge in [0.25, 0.3) is 0 Å². The first-order valence-electron chi connectivity index (χ1n) is 7.59. The van der Waals surface area contributed by atoms with Crippen LogP contribution < -0.4 is 5.32 Å². The molecule has 0 aliphatic heterocycles. The molecule has 2 heteroatoms. The van der Waals surface area contributed by atoms with Crippen molar-refractivity contribution in [2.45, 2.75) is 40.2 Å². The zero-order valence-corrected chi connectivity index (χ0v) is 14.9. The van der Waals surface area contributed by atoms with Gasteiger partial charge in [-0.05, 0) is 68.1 Å². The number of aryl methyl sites for hydroxylation is 3. The third kappa shape index (κ3) is 4.18. The SMILES string of the molecule is CCCNC(c1cc(C)cc(Br)c1)c1cc(C)ccc1C. The Labute approximate surface area is 136 Å². The second-order valence-electron chi connectivity index (χ2n) is 5.81. The molecule has 0 saturated heterocycles. The summed E-state index contributed by atoms with van der Waals surface area (Å²) >= 11 is 3.63. The van der Waals surface area contributed by atoms with Crippen molar-refractivity contribution < 1.29 is 0 Å². The van der Waals surface area contributed by atoms with Crippen molar-refractivity contribution in [3.8, 4) is 0 Å². The van der Waals surface area contributed by atoms with Crippen molar-refractivity contribution >= 4 is 15.9 Å². The molecule has 21 heavy (non-hydrogen) atoms. The van der Waals surface area contributed by atoms with Gasteiger partial charge >= 0.3 is 0 Å². The number of nitrogens with one attached hydrogen (secondary N) is 1. The highest BCUT2D eigenvalue weighted by Gasteiger charge is 2.16. The van der Waals surface area contributed by atoms with E-state index in [0.29, 0.717) is 0 Å². The Hall–Kier alpha value is -1.12. The van der Waals surface area contributed by atoms with E-state index in [1.807, 2.05) is 0 Å². The Bertz CT molecular complexity index is 599. The summed E-state index contributed by atoms with van der Waals surface area (Å²) in [5.74, 6) is 0. The minimum absolute atomic E-state index is 0.251. The van der Waals surface area contributed by atoms with Gasteiger partial charge in [-0.15, -0.1) is 0 Å². The number of hydrogen-bond acceptors (Lipinski definition) is 1. The second kappa shape index (κ2) is 7.24. The second-order valence-corrected chi connectivity index (χ2v) is 6.72. The van der Waals surface area contributed by atoms with Gasteiger partial charge in [-0.25, -0.2) is 0 Å². The van der Waals surface area contributed by atoms with Crippen LogP contribution in [-0.2, 0) is 0 Å². The third-order valence-corrected chi connectivity index (χ3v) is 4.20. The van der Waals surface area contributed by atoms with E-state index in [2.05, 4.69) is 85.3 Å². The molecule has 0 bridgehead atoms. The summed E-state index contributed by atoms with van der Waals surface area (Å²) in [4.78, 5) is 0. The quantitative estimate of drug-likeness (QED) is 0.758.